The summed E-state index contributed by atoms with van der Waals surface area (Å²) in [7, 11) is 3.94. The topological polar surface area (TPSA) is 139 Å². The van der Waals surface area contributed by atoms with Crippen LogP contribution in [0, 0.1) is 0 Å². The number of amides is 2. The summed E-state index contributed by atoms with van der Waals surface area (Å²) in [6.07, 6.45) is 10.6. The highest BCUT2D eigenvalue weighted by Gasteiger charge is 2.27. The van der Waals surface area contributed by atoms with Crippen molar-refractivity contribution in [1.82, 2.24) is 24.8 Å². The highest BCUT2D eigenvalue weighted by Crippen LogP contribution is 2.50. The van der Waals surface area contributed by atoms with Crippen molar-refractivity contribution in [2.75, 3.05) is 46.9 Å². The first-order valence-corrected chi connectivity index (χ1v) is 23.2. The number of carbonyl (C=O) groups is 4. The number of unbranched alkanes of at least 4 members (excludes halogenated alkanes) is 2. The molecule has 4 heterocycles. The molecule has 2 N–H and O–H groups in total. The molecule has 3 unspecified atom stereocenters. The summed E-state index contributed by atoms with van der Waals surface area (Å²) in [5.74, 6) is 0.133. The van der Waals surface area contributed by atoms with Gasteiger partial charge < -0.3 is 33.7 Å². The summed E-state index contributed by atoms with van der Waals surface area (Å²) < 4.78 is 28.2. The standard InChI is InChI=1S/C20H22FN2O2PS.C11H16N2O.C10H19NO.C4H8O2.CH2O/c1-13(2)23-26(25-16-7-5-4-6-8-16)19(21)14-9-10-17-15(11-14)12-18(27-17)20(24)22-3;1-12-5-3-10(8-12)9-4-6-13(2)11(14)7-9;1-2-3-4-7-10(12)11-8-5-6-9-11;1-2-3-6-4-5;1-2/h4-13,19,23H,1-3H3,(H,22,24);4,6-7,10H,3,5,8H2,1-2H3;2-9H2,1H3;4H,2-3H2,1H3;1H2. The minimum absolute atomic E-state index is 0.0859. The van der Waals surface area contributed by atoms with Crippen LogP contribution in [0.15, 0.2) is 77.7 Å². The largest absolute Gasteiger partial charge is 0.468 e. The van der Waals surface area contributed by atoms with Gasteiger partial charge in [0.15, 0.2) is 5.91 Å². The van der Waals surface area contributed by atoms with Gasteiger partial charge in [-0.15, -0.1) is 11.3 Å². The third-order valence-corrected chi connectivity index (χ3v) is 12.6. The Morgan fingerprint density at radius 1 is 0.984 bits per heavy atom. The molecule has 0 bridgehead atoms. The van der Waals surface area contributed by atoms with E-state index in [9.17, 15) is 19.2 Å². The summed E-state index contributed by atoms with van der Waals surface area (Å²) in [4.78, 5) is 57.0. The molecule has 6 rings (SSSR count). The molecule has 2 aliphatic rings. The number of thiophene rings is 1. The number of benzene rings is 2. The molecule has 2 amide bonds. The lowest BCUT2D eigenvalue weighted by Crippen LogP contribution is -2.27. The van der Waals surface area contributed by atoms with Crippen LogP contribution in [0.5, 0.6) is 5.75 Å². The lowest BCUT2D eigenvalue weighted by molar-refractivity contribution is -0.130. The molecule has 4 aromatic rings. The van der Waals surface area contributed by atoms with E-state index >= 15 is 4.39 Å². The molecular weight excluding hydrogens is 817 g/mol. The first-order valence-electron chi connectivity index (χ1n) is 21.1. The predicted octanol–water partition coefficient (Wildman–Crippen LogP) is 9.00. The Hall–Kier alpha value is -4.49. The summed E-state index contributed by atoms with van der Waals surface area (Å²) in [6.45, 7) is 15.3. The first-order chi connectivity index (χ1) is 29.4. The van der Waals surface area contributed by atoms with Crippen LogP contribution in [-0.2, 0) is 26.2 Å². The lowest BCUT2D eigenvalue weighted by Gasteiger charge is -2.24. The highest BCUT2D eigenvalue weighted by molar-refractivity contribution is 7.51. The molecule has 2 aliphatic heterocycles. The fourth-order valence-corrected chi connectivity index (χ4v) is 8.96. The van der Waals surface area contributed by atoms with Gasteiger partial charge in [-0.3, -0.25) is 24.3 Å². The van der Waals surface area contributed by atoms with Crippen molar-refractivity contribution in [3.63, 3.8) is 0 Å². The number of aryl methyl sites for hydroxylation is 1. The molecule has 61 heavy (non-hydrogen) atoms. The van der Waals surface area contributed by atoms with E-state index in [-0.39, 0.29) is 17.5 Å². The summed E-state index contributed by atoms with van der Waals surface area (Å²) in [5.41, 5.74) is 1.83. The van der Waals surface area contributed by atoms with E-state index in [0.29, 0.717) is 41.1 Å². The Balaban J connectivity index is 0.000000315. The van der Waals surface area contributed by atoms with Crippen molar-refractivity contribution in [2.45, 2.75) is 96.9 Å². The van der Waals surface area contributed by atoms with Crippen LogP contribution < -0.4 is 20.5 Å². The molecule has 0 radical (unpaired) electrons. The number of nitrogens with zero attached hydrogens (tertiary/aromatic N) is 3. The number of likely N-dealkylation sites (tertiary alicyclic amines) is 2. The number of alkyl halides is 1. The zero-order valence-electron chi connectivity index (χ0n) is 37.1. The zero-order valence-corrected chi connectivity index (χ0v) is 38.8. The maximum atomic E-state index is 15.4. The van der Waals surface area contributed by atoms with Crippen LogP contribution in [0.1, 0.15) is 112 Å². The van der Waals surface area contributed by atoms with Gasteiger partial charge in [0.1, 0.15) is 12.5 Å². The Morgan fingerprint density at radius 2 is 1.69 bits per heavy atom. The van der Waals surface area contributed by atoms with Gasteiger partial charge in [0.05, 0.1) is 11.5 Å². The van der Waals surface area contributed by atoms with Gasteiger partial charge in [0, 0.05) is 63.2 Å². The molecule has 3 atom stereocenters. The van der Waals surface area contributed by atoms with Crippen molar-refractivity contribution in [2.24, 2.45) is 7.05 Å². The fourth-order valence-electron chi connectivity index (χ4n) is 6.41. The second-order valence-electron chi connectivity index (χ2n) is 15.0. The molecule has 0 aliphatic carbocycles. The van der Waals surface area contributed by atoms with Gasteiger partial charge in [-0.2, -0.15) is 0 Å². The predicted molar refractivity (Wildman–Crippen MR) is 247 cm³/mol. The van der Waals surface area contributed by atoms with Gasteiger partial charge in [-0.25, -0.2) is 4.39 Å². The molecule has 2 fully saturated rings. The number of hydrogen-bond acceptors (Lipinski definition) is 10. The number of pyridine rings is 1. The fraction of sp³-hybridized carbons (Fsp3) is 0.500. The number of carbonyl (C=O) groups excluding carboxylic acids is 4. The highest BCUT2D eigenvalue weighted by atomic mass is 32.1. The number of para-hydroxylation sites is 1. The minimum Gasteiger partial charge on any atom is -0.468 e. The number of ether oxygens (including phenoxy) is 1. The number of hydrogen-bond donors (Lipinski definition) is 2. The van der Waals surface area contributed by atoms with Crippen molar-refractivity contribution in [1.29, 1.82) is 0 Å². The lowest BCUT2D eigenvalue weighted by atomic mass is 10.00. The summed E-state index contributed by atoms with van der Waals surface area (Å²) in [5, 5.41) is 6.69. The number of nitrogens with one attached hydrogen (secondary N) is 2. The summed E-state index contributed by atoms with van der Waals surface area (Å²) in [6, 6.07) is 20.4. The van der Waals surface area contributed by atoms with E-state index in [0.717, 1.165) is 55.5 Å². The number of fused-ring (bicyclic) bond motifs is 1. The second kappa shape index (κ2) is 29.7. The molecule has 0 saturated carbocycles. The third kappa shape index (κ3) is 19.0. The van der Waals surface area contributed by atoms with E-state index in [1.165, 1.54) is 49.0 Å². The Bertz CT molecular complexity index is 1930. The molecule has 15 heteroatoms. The normalized spacial score (nSPS) is 15.4. The molecule has 2 saturated heterocycles. The van der Waals surface area contributed by atoms with Crippen LogP contribution in [0.4, 0.5) is 4.39 Å². The maximum Gasteiger partial charge on any atom is 0.293 e. The molecule has 0 spiro atoms. The van der Waals surface area contributed by atoms with E-state index in [2.05, 4.69) is 40.1 Å². The average Bonchev–Trinajstić information content (AvgIpc) is 4.07. The quantitative estimate of drug-likeness (QED) is 0.0681. The van der Waals surface area contributed by atoms with Gasteiger partial charge in [0.2, 0.25) is 14.2 Å². The Labute approximate surface area is 367 Å². The van der Waals surface area contributed by atoms with E-state index in [1.807, 2.05) is 75.1 Å². The van der Waals surface area contributed by atoms with Crippen molar-refractivity contribution in [3.05, 3.63) is 99.3 Å². The Kier molecular flexibility index (Phi) is 25.6. The van der Waals surface area contributed by atoms with E-state index < -0.39 is 14.2 Å². The van der Waals surface area contributed by atoms with Gasteiger partial charge in [-0.1, -0.05) is 51.0 Å². The van der Waals surface area contributed by atoms with Gasteiger partial charge in [-0.05, 0) is 118 Å². The number of halogens is 1. The molecule has 12 nitrogen and oxygen atoms in total. The van der Waals surface area contributed by atoms with Gasteiger partial charge in [0.25, 0.3) is 17.9 Å². The summed E-state index contributed by atoms with van der Waals surface area (Å²) >= 11 is 1.40. The van der Waals surface area contributed by atoms with Crippen LogP contribution >= 0.6 is 19.6 Å². The number of likely N-dealkylation sites (N-methyl/N-ethyl adjacent to an activating group) is 1. The van der Waals surface area contributed by atoms with Crippen LogP contribution in [0.2, 0.25) is 0 Å². The number of aromatic nitrogens is 1. The van der Waals surface area contributed by atoms with Crippen molar-refractivity contribution >= 4 is 54.8 Å². The average molecular weight is 884 g/mol. The molecular formula is C46H67FN5O7PS. The number of rotatable bonds is 15. The van der Waals surface area contributed by atoms with Crippen molar-refractivity contribution in [3.8, 4) is 5.75 Å². The van der Waals surface area contributed by atoms with Crippen LogP contribution in [0.25, 0.3) is 10.1 Å². The minimum atomic E-state index is -1.57. The van der Waals surface area contributed by atoms with Crippen LogP contribution in [-0.4, -0.2) is 92.4 Å². The van der Waals surface area contributed by atoms with E-state index in [4.69, 9.17) is 9.32 Å². The SMILES string of the molecule is C=O.CCCCCC(=O)N1CCCC1.CCCOC=O.CN1CCC(c2ccn(C)c(=O)c2)C1.CNC(=O)c1cc2cc(C(F)P(NC(C)C)Oc3ccccc3)ccc2s1. The third-order valence-electron chi connectivity index (χ3n) is 9.64. The second-order valence-corrected chi connectivity index (χ2v) is 17.6. The monoisotopic (exact) mass is 883 g/mol. The van der Waals surface area contributed by atoms with Gasteiger partial charge >= 0.3 is 0 Å². The van der Waals surface area contributed by atoms with Crippen molar-refractivity contribution < 1.29 is 32.8 Å². The molecule has 336 valence electrons. The smallest absolute Gasteiger partial charge is 0.293 e. The molecule has 2 aromatic carbocycles. The maximum absolute atomic E-state index is 15.4. The first kappa shape index (κ1) is 52.6. The zero-order chi connectivity index (χ0) is 45.2. The Morgan fingerprint density at radius 3 is 2.25 bits per heavy atom. The van der Waals surface area contributed by atoms with E-state index in [1.54, 1.807) is 42.9 Å². The van der Waals surface area contributed by atoms with Crippen LogP contribution in [0.3, 0.4) is 0 Å². The molecule has 2 aromatic heterocycles.